The second-order valence-electron chi connectivity index (χ2n) is 8.11. The summed E-state index contributed by atoms with van der Waals surface area (Å²) in [6.07, 6.45) is 0. The molecule has 1 aliphatic heterocycles. The molecule has 0 saturated carbocycles. The molecule has 33 heavy (non-hydrogen) atoms. The van der Waals surface area contributed by atoms with Gasteiger partial charge in [0.05, 0.1) is 41.4 Å². The Morgan fingerprint density at radius 3 is 2.52 bits per heavy atom. The number of rotatable bonds is 5. The molecule has 0 radical (unpaired) electrons. The highest BCUT2D eigenvalue weighted by molar-refractivity contribution is 5.94. The third kappa shape index (κ3) is 4.25. The van der Waals surface area contributed by atoms with Gasteiger partial charge in [0, 0.05) is 31.8 Å². The van der Waals surface area contributed by atoms with Crippen LogP contribution in [0.2, 0.25) is 0 Å². The predicted octanol–water partition coefficient (Wildman–Crippen LogP) is 3.23. The standard InChI is InChI=1S/C23H24F2N4O4/c1-12-8-14(13(2)26-19-11-18(25)17(24)10-15(19)22(31)32)20-16(9-12)21(30)28(3)23(27-20)29-4-6-33-7-5-29/h8-11,13,26H,4-7H2,1-3H3,(H,31,32)/t13-/m1/s1. The Hall–Kier alpha value is -3.53. The first-order chi connectivity index (χ1) is 15.7. The Morgan fingerprint density at radius 2 is 1.85 bits per heavy atom. The molecule has 0 bridgehead atoms. The van der Waals surface area contributed by atoms with Crippen LogP contribution >= 0.6 is 0 Å². The Bertz CT molecular complexity index is 1300. The van der Waals surface area contributed by atoms with Gasteiger partial charge in [-0.3, -0.25) is 9.36 Å². The van der Waals surface area contributed by atoms with Gasteiger partial charge in [-0.1, -0.05) is 6.07 Å². The minimum absolute atomic E-state index is 0.0687. The fourth-order valence-electron chi connectivity index (χ4n) is 4.07. The molecule has 2 N–H and O–H groups in total. The summed E-state index contributed by atoms with van der Waals surface area (Å²) in [7, 11) is 1.67. The number of halogens is 2. The van der Waals surface area contributed by atoms with Gasteiger partial charge in [-0.15, -0.1) is 0 Å². The average molecular weight is 458 g/mol. The second kappa shape index (κ2) is 8.78. The lowest BCUT2D eigenvalue weighted by Crippen LogP contribution is -2.40. The Morgan fingerprint density at radius 1 is 1.18 bits per heavy atom. The van der Waals surface area contributed by atoms with E-state index in [0.717, 1.165) is 11.6 Å². The van der Waals surface area contributed by atoms with Gasteiger partial charge in [0.25, 0.3) is 5.56 Å². The number of nitrogens with zero attached hydrogens (tertiary/aromatic N) is 3. The van der Waals surface area contributed by atoms with Crippen LogP contribution in [0.3, 0.4) is 0 Å². The number of fused-ring (bicyclic) bond motifs is 1. The van der Waals surface area contributed by atoms with Gasteiger partial charge in [0.2, 0.25) is 5.95 Å². The monoisotopic (exact) mass is 458 g/mol. The minimum atomic E-state index is -1.39. The molecule has 1 atom stereocenters. The number of carbonyl (C=O) groups is 1. The van der Waals surface area contributed by atoms with Crippen molar-refractivity contribution < 1.29 is 23.4 Å². The van der Waals surface area contributed by atoms with Gasteiger partial charge < -0.3 is 20.1 Å². The lowest BCUT2D eigenvalue weighted by Gasteiger charge is -2.29. The molecule has 0 amide bonds. The summed E-state index contributed by atoms with van der Waals surface area (Å²) in [5.41, 5.74) is 1.24. The van der Waals surface area contributed by atoms with Gasteiger partial charge >= 0.3 is 5.97 Å². The van der Waals surface area contributed by atoms with E-state index in [4.69, 9.17) is 9.72 Å². The summed E-state index contributed by atoms with van der Waals surface area (Å²) in [6.45, 7) is 5.83. The van der Waals surface area contributed by atoms with Crippen LogP contribution in [0.15, 0.2) is 29.1 Å². The molecule has 1 aliphatic rings. The third-order valence-electron chi connectivity index (χ3n) is 5.75. The number of aryl methyl sites for hydroxylation is 1. The number of hydrogen-bond acceptors (Lipinski definition) is 6. The fraction of sp³-hybridized carbons (Fsp3) is 0.348. The zero-order valence-electron chi connectivity index (χ0n) is 18.5. The van der Waals surface area contributed by atoms with E-state index < -0.39 is 29.2 Å². The van der Waals surface area contributed by atoms with Crippen molar-refractivity contribution in [2.24, 2.45) is 7.05 Å². The van der Waals surface area contributed by atoms with E-state index >= 15 is 0 Å². The fourth-order valence-corrected chi connectivity index (χ4v) is 4.07. The smallest absolute Gasteiger partial charge is 0.337 e. The summed E-state index contributed by atoms with van der Waals surface area (Å²) < 4.78 is 34.4. The van der Waals surface area contributed by atoms with Gasteiger partial charge in [-0.05, 0) is 31.5 Å². The average Bonchev–Trinajstić information content (AvgIpc) is 2.78. The van der Waals surface area contributed by atoms with Crippen molar-refractivity contribution in [3.63, 3.8) is 0 Å². The van der Waals surface area contributed by atoms with Crippen molar-refractivity contribution in [2.45, 2.75) is 19.9 Å². The van der Waals surface area contributed by atoms with E-state index in [0.29, 0.717) is 54.8 Å². The second-order valence-corrected chi connectivity index (χ2v) is 8.11. The SMILES string of the molecule is Cc1cc([C@@H](C)Nc2cc(F)c(F)cc2C(=O)O)c2nc(N3CCOCC3)n(C)c(=O)c2c1. The highest BCUT2D eigenvalue weighted by Gasteiger charge is 2.22. The number of hydrogen-bond donors (Lipinski definition) is 2. The van der Waals surface area contributed by atoms with Crippen LogP contribution in [0.25, 0.3) is 10.9 Å². The van der Waals surface area contributed by atoms with Gasteiger partial charge in [0.1, 0.15) is 0 Å². The maximum atomic E-state index is 13.9. The molecule has 0 unspecified atom stereocenters. The van der Waals surface area contributed by atoms with Crippen LogP contribution in [0, 0.1) is 18.6 Å². The molecule has 10 heteroatoms. The van der Waals surface area contributed by atoms with Gasteiger partial charge in [0.15, 0.2) is 11.6 Å². The number of aromatic nitrogens is 2. The van der Waals surface area contributed by atoms with Crippen LogP contribution in [-0.4, -0.2) is 46.9 Å². The van der Waals surface area contributed by atoms with Crippen molar-refractivity contribution >= 4 is 28.5 Å². The maximum absolute atomic E-state index is 13.9. The van der Waals surface area contributed by atoms with Gasteiger partial charge in [-0.25, -0.2) is 18.6 Å². The molecular weight excluding hydrogens is 434 g/mol. The number of carboxylic acid groups (broad SMARTS) is 1. The number of ether oxygens (including phenoxy) is 1. The zero-order chi connectivity index (χ0) is 23.9. The molecule has 0 aliphatic carbocycles. The normalized spacial score (nSPS) is 15.0. The van der Waals surface area contributed by atoms with Crippen LogP contribution in [-0.2, 0) is 11.8 Å². The topological polar surface area (TPSA) is 96.7 Å². The predicted molar refractivity (Wildman–Crippen MR) is 120 cm³/mol. The molecule has 174 valence electrons. The highest BCUT2D eigenvalue weighted by atomic mass is 19.2. The van der Waals surface area contributed by atoms with E-state index in [1.54, 1.807) is 20.0 Å². The zero-order valence-corrected chi connectivity index (χ0v) is 18.5. The van der Waals surface area contributed by atoms with Crippen LogP contribution < -0.4 is 15.8 Å². The van der Waals surface area contributed by atoms with E-state index in [1.165, 1.54) is 4.57 Å². The summed E-state index contributed by atoms with van der Waals surface area (Å²) in [6, 6.07) is 4.50. The van der Waals surface area contributed by atoms with Crippen molar-refractivity contribution in [3.8, 4) is 0 Å². The Balaban J connectivity index is 1.84. The van der Waals surface area contributed by atoms with E-state index in [1.807, 2.05) is 17.9 Å². The summed E-state index contributed by atoms with van der Waals surface area (Å²) in [5, 5.41) is 12.8. The lowest BCUT2D eigenvalue weighted by atomic mass is 10.0. The first kappa shape index (κ1) is 22.7. The molecule has 1 aromatic heterocycles. The first-order valence-corrected chi connectivity index (χ1v) is 10.5. The highest BCUT2D eigenvalue weighted by Crippen LogP contribution is 2.30. The summed E-state index contributed by atoms with van der Waals surface area (Å²) in [4.78, 5) is 31.5. The van der Waals surface area contributed by atoms with Crippen molar-refractivity contribution in [1.29, 1.82) is 0 Å². The number of benzene rings is 2. The van der Waals surface area contributed by atoms with E-state index in [9.17, 15) is 23.5 Å². The number of aromatic carboxylic acids is 1. The Kier molecular flexibility index (Phi) is 6.03. The largest absolute Gasteiger partial charge is 0.478 e. The van der Waals surface area contributed by atoms with Crippen LogP contribution in [0.5, 0.6) is 0 Å². The van der Waals surface area contributed by atoms with E-state index in [-0.39, 0.29) is 11.2 Å². The number of morpholine rings is 1. The molecule has 2 aromatic carbocycles. The van der Waals surface area contributed by atoms with Crippen LogP contribution in [0.1, 0.15) is 34.5 Å². The number of anilines is 2. The molecule has 1 saturated heterocycles. The summed E-state index contributed by atoms with van der Waals surface area (Å²) in [5.74, 6) is -3.29. The van der Waals surface area contributed by atoms with Gasteiger partial charge in [-0.2, -0.15) is 0 Å². The lowest BCUT2D eigenvalue weighted by molar-refractivity contribution is 0.0697. The minimum Gasteiger partial charge on any atom is -0.478 e. The first-order valence-electron chi connectivity index (χ1n) is 10.5. The molecular formula is C23H24F2N4O4. The molecule has 1 fully saturated rings. The molecule has 8 nitrogen and oxygen atoms in total. The molecule has 4 rings (SSSR count). The van der Waals surface area contributed by atoms with Crippen molar-refractivity contribution in [1.82, 2.24) is 9.55 Å². The molecule has 3 aromatic rings. The van der Waals surface area contributed by atoms with Crippen LogP contribution in [0.4, 0.5) is 20.4 Å². The number of nitrogens with one attached hydrogen (secondary N) is 1. The number of carboxylic acids is 1. The molecule has 2 heterocycles. The quantitative estimate of drug-likeness (QED) is 0.606. The van der Waals surface area contributed by atoms with E-state index in [2.05, 4.69) is 5.32 Å². The van der Waals surface area contributed by atoms with Crippen molar-refractivity contribution in [3.05, 3.63) is 62.9 Å². The van der Waals surface area contributed by atoms with Crippen molar-refractivity contribution in [2.75, 3.05) is 36.5 Å². The summed E-state index contributed by atoms with van der Waals surface area (Å²) >= 11 is 0. The molecule has 0 spiro atoms. The maximum Gasteiger partial charge on any atom is 0.337 e. The third-order valence-corrected chi connectivity index (χ3v) is 5.75. The Labute approximate surface area is 188 Å².